The zero-order chi connectivity index (χ0) is 20.7. The maximum absolute atomic E-state index is 6.51. The Kier molecular flexibility index (Phi) is 3.57. The molecule has 152 valence electrons. The molecule has 3 heterocycles. The molecule has 31 heavy (non-hydrogen) atoms. The summed E-state index contributed by atoms with van der Waals surface area (Å²) in [5, 5.41) is 2.42. The molecule has 2 aliphatic heterocycles. The molecule has 1 unspecified atom stereocenters. The van der Waals surface area contributed by atoms with Crippen LogP contribution in [0, 0.1) is 17.4 Å². The fraction of sp³-hybridized carbons (Fsp3) is 0.111. The molecule has 0 spiro atoms. The fourth-order valence-electron chi connectivity index (χ4n) is 5.17. The van der Waals surface area contributed by atoms with Crippen molar-refractivity contribution >= 4 is 39.0 Å². The van der Waals surface area contributed by atoms with E-state index in [0.29, 0.717) is 0 Å². The molecule has 3 nitrogen and oxygen atoms in total. The quantitative estimate of drug-likeness (QED) is 0.248. The Hall–Kier alpha value is -2.99. The van der Waals surface area contributed by atoms with Crippen molar-refractivity contribution in [2.24, 2.45) is 0 Å². The summed E-state index contributed by atoms with van der Waals surface area (Å²) >= 11 is -0.322. The summed E-state index contributed by atoms with van der Waals surface area (Å²) < 4.78 is 10.6. The first-order valence-electron chi connectivity index (χ1n) is 10.6. The number of rotatable bonds is 1. The van der Waals surface area contributed by atoms with Gasteiger partial charge >= 0.3 is 192 Å². The predicted molar refractivity (Wildman–Crippen MR) is 122 cm³/mol. The average Bonchev–Trinajstić information content (AvgIpc) is 3.43. The molecule has 0 saturated heterocycles. The third kappa shape index (κ3) is 2.28. The minimum atomic E-state index is -0.322. The number of anilines is 3. The number of nitrogens with zero attached hydrogens (tertiary/aromatic N) is 2. The molecule has 1 aromatic heterocycles. The zero-order valence-electron chi connectivity index (χ0n) is 17.3. The average molecular weight is 515 g/mol. The summed E-state index contributed by atoms with van der Waals surface area (Å²) in [4.78, 5) is 2.55. The van der Waals surface area contributed by atoms with Crippen LogP contribution in [0.15, 0.2) is 83.3 Å². The maximum atomic E-state index is 6.51. The molecule has 4 heteroatoms. The predicted octanol–water partition coefficient (Wildman–Crippen LogP) is 4.05. The van der Waals surface area contributed by atoms with Crippen LogP contribution in [0.5, 0.6) is 0 Å². The molecule has 5 aromatic rings. The minimum absolute atomic E-state index is 0.143. The molecule has 0 bridgehead atoms. The van der Waals surface area contributed by atoms with Gasteiger partial charge in [-0.15, -0.1) is 0 Å². The number of aryl methyl sites for hydroxylation is 2. The molecule has 0 fully saturated rings. The number of fused-ring (bicyclic) bond motifs is 9. The van der Waals surface area contributed by atoms with Gasteiger partial charge in [0, 0.05) is 0 Å². The Morgan fingerprint density at radius 2 is 1.48 bits per heavy atom. The number of hydrogen-bond acceptors (Lipinski definition) is 3. The molecule has 1 atom stereocenters. The van der Waals surface area contributed by atoms with Gasteiger partial charge in [0.1, 0.15) is 0 Å². The van der Waals surface area contributed by atoms with Gasteiger partial charge in [0.2, 0.25) is 0 Å². The third-order valence-corrected chi connectivity index (χ3v) is 9.51. The van der Waals surface area contributed by atoms with Crippen LogP contribution in [-0.2, 0) is 0 Å². The second-order valence-corrected chi connectivity index (χ2v) is 11.0. The zero-order valence-corrected chi connectivity index (χ0v) is 19.4. The Morgan fingerprint density at radius 1 is 0.742 bits per heavy atom. The molecule has 0 N–H and O–H groups in total. The number of benzene rings is 4. The summed E-state index contributed by atoms with van der Waals surface area (Å²) in [6.45, 7) is 4.45. The van der Waals surface area contributed by atoms with Crippen LogP contribution < -0.4 is 29.5 Å². The van der Waals surface area contributed by atoms with Crippen LogP contribution in [0.3, 0.4) is 0 Å². The van der Waals surface area contributed by atoms with Crippen molar-refractivity contribution in [3.05, 3.63) is 99.1 Å². The van der Waals surface area contributed by atoms with E-state index in [1.165, 1.54) is 48.1 Å². The van der Waals surface area contributed by atoms with Gasteiger partial charge < -0.3 is 0 Å². The summed E-state index contributed by atoms with van der Waals surface area (Å²) in [5.41, 5.74) is 9.92. The van der Waals surface area contributed by atoms with Gasteiger partial charge in [0.15, 0.2) is 0 Å². The van der Waals surface area contributed by atoms with Crippen LogP contribution in [0.4, 0.5) is 17.1 Å². The first-order valence-corrected chi connectivity index (χ1v) is 12.6. The Bertz CT molecular complexity index is 1500. The molecule has 7 rings (SSSR count). The number of furan rings is 1. The van der Waals surface area contributed by atoms with Crippen molar-refractivity contribution in [2.45, 2.75) is 20.0 Å². The van der Waals surface area contributed by atoms with E-state index in [1.54, 1.807) is 0 Å². The Balaban J connectivity index is 1.56. The van der Waals surface area contributed by atoms with Crippen LogP contribution in [0.25, 0.3) is 21.9 Å². The number of para-hydroxylation sites is 4. The third-order valence-electron chi connectivity index (χ3n) is 6.48. The van der Waals surface area contributed by atoms with Gasteiger partial charge in [-0.25, -0.2) is 0 Å². The van der Waals surface area contributed by atoms with Crippen molar-refractivity contribution in [2.75, 3.05) is 8.01 Å². The number of hydrogen-bond donors (Lipinski definition) is 0. The summed E-state index contributed by atoms with van der Waals surface area (Å²) in [6, 6.07) is 28.5. The Labute approximate surface area is 191 Å². The molecular weight excluding hydrogens is 495 g/mol. The van der Waals surface area contributed by atoms with E-state index in [9.17, 15) is 0 Å². The topological polar surface area (TPSA) is 19.6 Å². The fourth-order valence-corrected chi connectivity index (χ4v) is 8.32. The molecule has 0 amide bonds. The van der Waals surface area contributed by atoms with Crippen molar-refractivity contribution < 1.29 is 25.9 Å². The van der Waals surface area contributed by atoms with Gasteiger partial charge in [-0.2, -0.15) is 0 Å². The van der Waals surface area contributed by atoms with E-state index >= 15 is 0 Å². The van der Waals surface area contributed by atoms with E-state index in [4.69, 9.17) is 4.42 Å². The van der Waals surface area contributed by atoms with E-state index in [1.807, 2.05) is 0 Å². The molecular formula is C27H20IN2O-. The molecule has 0 radical (unpaired) electrons. The number of halogens is 1. The van der Waals surface area contributed by atoms with Gasteiger partial charge in [-0.1, -0.05) is 0 Å². The van der Waals surface area contributed by atoms with Crippen LogP contribution in [-0.4, -0.2) is 0 Å². The van der Waals surface area contributed by atoms with E-state index in [-0.39, 0.29) is 27.6 Å². The van der Waals surface area contributed by atoms with Crippen LogP contribution in [0.1, 0.15) is 22.9 Å². The first-order chi connectivity index (χ1) is 15.2. The molecule has 0 saturated carbocycles. The second kappa shape index (κ2) is 6.26. The SMILES string of the molecule is Cc1cccc(C)c1N1c2ccccc2N2[I-]c3ccc4c(oc5ccccc54)c3C21. The van der Waals surface area contributed by atoms with Crippen LogP contribution >= 0.6 is 0 Å². The molecule has 0 aliphatic carbocycles. The van der Waals surface area contributed by atoms with Crippen molar-refractivity contribution in [1.82, 2.24) is 0 Å². The van der Waals surface area contributed by atoms with E-state index in [2.05, 4.69) is 101 Å². The van der Waals surface area contributed by atoms with Crippen molar-refractivity contribution in [1.29, 1.82) is 0 Å². The summed E-state index contributed by atoms with van der Waals surface area (Å²) in [5.74, 6) is 0. The van der Waals surface area contributed by atoms with Crippen LogP contribution in [0.2, 0.25) is 0 Å². The van der Waals surface area contributed by atoms with Gasteiger partial charge in [0.25, 0.3) is 0 Å². The van der Waals surface area contributed by atoms with Gasteiger partial charge in [0.05, 0.1) is 0 Å². The van der Waals surface area contributed by atoms with Crippen molar-refractivity contribution in [3.8, 4) is 0 Å². The van der Waals surface area contributed by atoms with E-state index in [0.717, 1.165) is 11.2 Å². The van der Waals surface area contributed by atoms with Gasteiger partial charge in [-0.3, -0.25) is 0 Å². The second-order valence-electron chi connectivity index (χ2n) is 8.30. The van der Waals surface area contributed by atoms with Crippen molar-refractivity contribution in [3.63, 3.8) is 0 Å². The first kappa shape index (κ1) is 17.7. The molecule has 4 aromatic carbocycles. The monoisotopic (exact) mass is 515 g/mol. The standard InChI is InChI=1S/C27H20IN2O/c1-16-8-7-9-17(2)25(16)29-21-11-4-5-12-22(21)30-27(29)24-20(28-30)15-14-19-18-10-3-6-13-23(18)31-26(19)24/h3-15,27H,1-2H3/q-1. The van der Waals surface area contributed by atoms with Gasteiger partial charge in [-0.05, 0) is 0 Å². The summed E-state index contributed by atoms with van der Waals surface area (Å²) in [7, 11) is 0. The molecule has 2 aliphatic rings. The normalized spacial score (nSPS) is 17.0. The van der Waals surface area contributed by atoms with E-state index < -0.39 is 0 Å². The Morgan fingerprint density at radius 3 is 2.32 bits per heavy atom. The summed E-state index contributed by atoms with van der Waals surface area (Å²) in [6.07, 6.45) is 0.143.